The van der Waals surface area contributed by atoms with Crippen molar-refractivity contribution in [2.24, 2.45) is 0 Å². The van der Waals surface area contributed by atoms with Crippen LogP contribution in [0.15, 0.2) is 28.3 Å². The van der Waals surface area contributed by atoms with Crippen LogP contribution in [0.1, 0.15) is 25.1 Å². The molecule has 3 rings (SSSR count). The Bertz CT molecular complexity index is 685. The van der Waals surface area contributed by atoms with E-state index >= 15 is 0 Å². The standard InChI is InChI=1S/C13H15N5O2S/c14-9-5-4-6-10(12(9)18(19)20)21-13-16-15-11-7-2-1-3-8-17(11)13/h4-6H,1-3,7-8,14H2. The molecule has 2 N–H and O–H groups in total. The number of nitro groups is 1. The molecule has 0 saturated heterocycles. The van der Waals surface area contributed by atoms with Crippen molar-refractivity contribution < 1.29 is 4.92 Å². The Morgan fingerprint density at radius 2 is 2.14 bits per heavy atom. The first kappa shape index (κ1) is 13.9. The number of para-hydroxylation sites is 1. The summed E-state index contributed by atoms with van der Waals surface area (Å²) in [4.78, 5) is 11.2. The second-order valence-electron chi connectivity index (χ2n) is 4.91. The number of rotatable bonds is 3. The molecule has 0 amide bonds. The van der Waals surface area contributed by atoms with Gasteiger partial charge >= 0.3 is 5.69 Å². The highest BCUT2D eigenvalue weighted by Gasteiger charge is 2.22. The van der Waals surface area contributed by atoms with Crippen LogP contribution >= 0.6 is 11.8 Å². The van der Waals surface area contributed by atoms with Gasteiger partial charge in [-0.1, -0.05) is 12.5 Å². The van der Waals surface area contributed by atoms with E-state index in [0.717, 1.165) is 31.6 Å². The third-order valence-corrected chi connectivity index (χ3v) is 4.52. The van der Waals surface area contributed by atoms with Crippen LogP contribution in [-0.2, 0) is 13.0 Å². The van der Waals surface area contributed by atoms with Gasteiger partial charge in [-0.3, -0.25) is 10.1 Å². The van der Waals surface area contributed by atoms with E-state index < -0.39 is 4.92 Å². The molecule has 0 saturated carbocycles. The molecule has 1 aromatic heterocycles. The summed E-state index contributed by atoms with van der Waals surface area (Å²) in [6.45, 7) is 0.862. The van der Waals surface area contributed by atoms with E-state index in [1.165, 1.54) is 24.2 Å². The highest BCUT2D eigenvalue weighted by molar-refractivity contribution is 7.99. The van der Waals surface area contributed by atoms with Crippen LogP contribution in [-0.4, -0.2) is 19.7 Å². The van der Waals surface area contributed by atoms with E-state index in [2.05, 4.69) is 14.8 Å². The summed E-state index contributed by atoms with van der Waals surface area (Å²) in [6.07, 6.45) is 4.28. The Morgan fingerprint density at radius 1 is 1.29 bits per heavy atom. The fraction of sp³-hybridized carbons (Fsp3) is 0.385. The number of nitro benzene ring substituents is 1. The average Bonchev–Trinajstić information content (AvgIpc) is 2.68. The molecule has 0 radical (unpaired) electrons. The Hall–Kier alpha value is -2.09. The lowest BCUT2D eigenvalue weighted by molar-refractivity contribution is -0.386. The topological polar surface area (TPSA) is 99.9 Å². The summed E-state index contributed by atoms with van der Waals surface area (Å²) in [6, 6.07) is 4.94. The Balaban J connectivity index is 1.96. The lowest BCUT2D eigenvalue weighted by atomic mass is 10.2. The molecule has 1 aliphatic heterocycles. The van der Waals surface area contributed by atoms with Gasteiger partial charge in [-0.25, -0.2) is 0 Å². The predicted octanol–water partition coefficient (Wildman–Crippen LogP) is 2.65. The van der Waals surface area contributed by atoms with Gasteiger partial charge in [-0.15, -0.1) is 10.2 Å². The molecule has 2 aromatic rings. The summed E-state index contributed by atoms with van der Waals surface area (Å²) in [5, 5.41) is 20.3. The van der Waals surface area contributed by atoms with Crippen LogP contribution in [0.2, 0.25) is 0 Å². The highest BCUT2D eigenvalue weighted by Crippen LogP contribution is 2.37. The number of nitrogen functional groups attached to an aromatic ring is 1. The number of fused-ring (bicyclic) bond motifs is 1. The van der Waals surface area contributed by atoms with Crippen LogP contribution in [0, 0.1) is 10.1 Å². The first-order chi connectivity index (χ1) is 10.2. The second-order valence-corrected chi connectivity index (χ2v) is 5.92. The van der Waals surface area contributed by atoms with Gasteiger partial charge in [0, 0.05) is 13.0 Å². The number of hydrogen-bond donors (Lipinski definition) is 1. The van der Waals surface area contributed by atoms with Gasteiger partial charge < -0.3 is 10.3 Å². The molecule has 21 heavy (non-hydrogen) atoms. The van der Waals surface area contributed by atoms with Crippen LogP contribution < -0.4 is 5.73 Å². The van der Waals surface area contributed by atoms with E-state index in [1.54, 1.807) is 12.1 Å². The zero-order chi connectivity index (χ0) is 14.8. The van der Waals surface area contributed by atoms with Gasteiger partial charge in [0.25, 0.3) is 0 Å². The Labute approximate surface area is 125 Å². The van der Waals surface area contributed by atoms with Crippen molar-refractivity contribution in [2.75, 3.05) is 5.73 Å². The number of hydrogen-bond acceptors (Lipinski definition) is 6. The maximum Gasteiger partial charge on any atom is 0.306 e. The zero-order valence-electron chi connectivity index (χ0n) is 11.4. The van der Waals surface area contributed by atoms with Crippen LogP contribution in [0.5, 0.6) is 0 Å². The third kappa shape index (κ3) is 2.71. The Morgan fingerprint density at radius 3 is 2.95 bits per heavy atom. The highest BCUT2D eigenvalue weighted by atomic mass is 32.2. The molecule has 2 heterocycles. The Kier molecular flexibility index (Phi) is 3.78. The monoisotopic (exact) mass is 305 g/mol. The largest absolute Gasteiger partial charge is 0.393 e. The molecule has 7 nitrogen and oxygen atoms in total. The lowest BCUT2D eigenvalue weighted by Crippen LogP contribution is -2.03. The fourth-order valence-electron chi connectivity index (χ4n) is 2.45. The molecular weight excluding hydrogens is 290 g/mol. The normalized spacial score (nSPS) is 14.5. The van der Waals surface area contributed by atoms with Crippen molar-refractivity contribution in [3.05, 3.63) is 34.1 Å². The van der Waals surface area contributed by atoms with Gasteiger partial charge in [-0.05, 0) is 36.7 Å². The molecule has 0 atom stereocenters. The number of aryl methyl sites for hydroxylation is 1. The molecule has 110 valence electrons. The first-order valence-electron chi connectivity index (χ1n) is 6.79. The third-order valence-electron chi connectivity index (χ3n) is 3.49. The maximum absolute atomic E-state index is 11.2. The molecule has 0 aliphatic carbocycles. The van der Waals surface area contributed by atoms with E-state index in [1.807, 2.05) is 0 Å². The summed E-state index contributed by atoms with van der Waals surface area (Å²) in [7, 11) is 0. The summed E-state index contributed by atoms with van der Waals surface area (Å²) in [5.74, 6) is 0.960. The van der Waals surface area contributed by atoms with Crippen molar-refractivity contribution in [2.45, 2.75) is 42.3 Å². The molecule has 0 unspecified atom stereocenters. The fourth-order valence-corrected chi connectivity index (χ4v) is 3.47. The average molecular weight is 305 g/mol. The number of nitrogens with two attached hydrogens (primary N) is 1. The van der Waals surface area contributed by atoms with Crippen LogP contribution in [0.25, 0.3) is 0 Å². The summed E-state index contributed by atoms with van der Waals surface area (Å²) < 4.78 is 2.06. The second kappa shape index (κ2) is 5.72. The zero-order valence-corrected chi connectivity index (χ0v) is 12.2. The molecule has 0 spiro atoms. The van der Waals surface area contributed by atoms with E-state index in [-0.39, 0.29) is 11.4 Å². The number of aromatic nitrogens is 3. The maximum atomic E-state index is 11.2. The van der Waals surface area contributed by atoms with Gasteiger partial charge in [0.05, 0.1) is 9.82 Å². The smallest absolute Gasteiger partial charge is 0.306 e. The van der Waals surface area contributed by atoms with Crippen molar-refractivity contribution in [3.63, 3.8) is 0 Å². The molecule has 1 aromatic carbocycles. The molecule has 0 fully saturated rings. The van der Waals surface area contributed by atoms with Crippen LogP contribution in [0.4, 0.5) is 11.4 Å². The number of nitrogens with zero attached hydrogens (tertiary/aromatic N) is 4. The minimum atomic E-state index is -0.447. The van der Waals surface area contributed by atoms with Crippen molar-refractivity contribution in [1.29, 1.82) is 0 Å². The first-order valence-corrected chi connectivity index (χ1v) is 7.61. The summed E-state index contributed by atoms with van der Waals surface area (Å²) in [5.41, 5.74) is 5.82. The molecule has 1 aliphatic rings. The SMILES string of the molecule is Nc1cccc(Sc2nnc3n2CCCCC3)c1[N+](=O)[O-]. The quantitative estimate of drug-likeness (QED) is 0.531. The van der Waals surface area contributed by atoms with Crippen molar-refractivity contribution in [3.8, 4) is 0 Å². The number of anilines is 1. The molecule has 8 heteroatoms. The van der Waals surface area contributed by atoms with Crippen LogP contribution in [0.3, 0.4) is 0 Å². The van der Waals surface area contributed by atoms with Gasteiger partial charge in [0.15, 0.2) is 5.16 Å². The van der Waals surface area contributed by atoms with Crippen molar-refractivity contribution >= 4 is 23.1 Å². The van der Waals surface area contributed by atoms with E-state index in [4.69, 9.17) is 5.73 Å². The molecular formula is C13H15N5O2S. The van der Waals surface area contributed by atoms with Crippen molar-refractivity contribution in [1.82, 2.24) is 14.8 Å². The van der Waals surface area contributed by atoms with E-state index in [0.29, 0.717) is 10.1 Å². The van der Waals surface area contributed by atoms with Gasteiger partial charge in [0.1, 0.15) is 11.5 Å². The van der Waals surface area contributed by atoms with Gasteiger partial charge in [-0.2, -0.15) is 0 Å². The van der Waals surface area contributed by atoms with E-state index in [9.17, 15) is 10.1 Å². The lowest BCUT2D eigenvalue weighted by Gasteiger charge is -2.07. The molecule has 0 bridgehead atoms. The predicted molar refractivity (Wildman–Crippen MR) is 79.2 cm³/mol. The summed E-state index contributed by atoms with van der Waals surface area (Å²) >= 11 is 1.25. The van der Waals surface area contributed by atoms with Gasteiger partial charge in [0.2, 0.25) is 0 Å². The minimum Gasteiger partial charge on any atom is -0.393 e. The minimum absolute atomic E-state index is 0.0616. The number of benzene rings is 1.